The largest absolute Gasteiger partial charge is 0.477 e. The first-order valence-electron chi connectivity index (χ1n) is 4.49. The highest BCUT2D eigenvalue weighted by Gasteiger charge is 2.38. The molecule has 0 spiro atoms. The van der Waals surface area contributed by atoms with E-state index in [0.717, 1.165) is 0 Å². The van der Waals surface area contributed by atoms with E-state index in [1.54, 1.807) is 20.8 Å². The number of carbonyl (C=O) groups excluding carboxylic acids is 2. The van der Waals surface area contributed by atoms with Crippen molar-refractivity contribution in [3.05, 3.63) is 11.3 Å². The topological polar surface area (TPSA) is 108 Å². The van der Waals surface area contributed by atoms with Gasteiger partial charge in [0.15, 0.2) is 0 Å². The Morgan fingerprint density at radius 3 is 2.29 bits per heavy atom. The van der Waals surface area contributed by atoms with Crippen molar-refractivity contribution in [1.82, 2.24) is 0 Å². The predicted octanol–water partition coefficient (Wildman–Crippen LogP) is 0.0868. The molecule has 0 aliphatic carbocycles. The van der Waals surface area contributed by atoms with Crippen LogP contribution in [0.4, 0.5) is 0 Å². The lowest BCUT2D eigenvalue weighted by Gasteiger charge is -2.21. The minimum atomic E-state index is -1.68. The van der Waals surface area contributed by atoms with Gasteiger partial charge in [-0.15, -0.1) is 0 Å². The molecule has 0 radical (unpaired) electrons. The van der Waals surface area contributed by atoms with E-state index in [9.17, 15) is 14.4 Å². The van der Waals surface area contributed by atoms with Crippen LogP contribution in [0.15, 0.2) is 11.3 Å². The van der Waals surface area contributed by atoms with E-state index in [2.05, 4.69) is 14.8 Å². The molecule has 8 nitrogen and oxygen atoms in total. The summed E-state index contributed by atoms with van der Waals surface area (Å²) in [5.41, 5.74) is -1.86. The van der Waals surface area contributed by atoms with Crippen molar-refractivity contribution in [2.45, 2.75) is 26.4 Å². The number of carboxylic acids is 1. The van der Waals surface area contributed by atoms with Crippen LogP contribution >= 0.6 is 0 Å². The van der Waals surface area contributed by atoms with Gasteiger partial charge in [-0.3, -0.25) is 9.78 Å². The fourth-order valence-electron chi connectivity index (χ4n) is 0.903. The summed E-state index contributed by atoms with van der Waals surface area (Å²) in [7, 11) is 0. The Morgan fingerprint density at radius 1 is 1.24 bits per heavy atom. The molecule has 0 atom stereocenters. The van der Waals surface area contributed by atoms with E-state index in [-0.39, 0.29) is 0 Å². The van der Waals surface area contributed by atoms with Crippen molar-refractivity contribution in [3.8, 4) is 0 Å². The van der Waals surface area contributed by atoms with Gasteiger partial charge in [-0.05, 0) is 20.8 Å². The van der Waals surface area contributed by atoms with Crippen molar-refractivity contribution >= 4 is 17.9 Å². The average molecular weight is 246 g/mol. The van der Waals surface area contributed by atoms with Gasteiger partial charge in [-0.1, -0.05) is 0 Å². The van der Waals surface area contributed by atoms with Crippen LogP contribution in [-0.4, -0.2) is 28.6 Å². The first-order valence-corrected chi connectivity index (χ1v) is 4.49. The van der Waals surface area contributed by atoms with Gasteiger partial charge in [0, 0.05) is 5.04 Å². The number of hydrogen-bond acceptors (Lipinski definition) is 7. The SMILES string of the molecule is CC(C)(C)OC(=O)C1=C(C(=O)O)C(=O)OOO1. The quantitative estimate of drug-likeness (QED) is 0.414. The number of hydrogen-bond donors (Lipinski definition) is 1. The summed E-state index contributed by atoms with van der Waals surface area (Å²) in [5, 5.41) is 12.6. The predicted molar refractivity (Wildman–Crippen MR) is 48.8 cm³/mol. The molecule has 0 aromatic rings. The first kappa shape index (κ1) is 13.0. The van der Waals surface area contributed by atoms with Crippen molar-refractivity contribution in [2.75, 3.05) is 0 Å². The molecule has 1 rings (SSSR count). The Kier molecular flexibility index (Phi) is 3.37. The Hall–Kier alpha value is -2.09. The van der Waals surface area contributed by atoms with E-state index < -0.39 is 34.8 Å². The Morgan fingerprint density at radius 2 is 1.82 bits per heavy atom. The standard InChI is InChI=1S/C9H10O8/c1-9(2,3)14-8(13)5-4(6(10)11)7(12)16-17-15-5/h1-3H3,(H,10,11). The Bertz CT molecular complexity index is 400. The molecular formula is C9H10O8. The van der Waals surface area contributed by atoms with Crippen molar-refractivity contribution in [2.24, 2.45) is 0 Å². The third kappa shape index (κ3) is 3.18. The third-order valence-corrected chi connectivity index (χ3v) is 1.46. The fourth-order valence-corrected chi connectivity index (χ4v) is 0.903. The average Bonchev–Trinajstić information content (AvgIpc) is 2.13. The van der Waals surface area contributed by atoms with Crippen LogP contribution < -0.4 is 0 Å². The molecular weight excluding hydrogens is 236 g/mol. The lowest BCUT2D eigenvalue weighted by atomic mass is 10.2. The van der Waals surface area contributed by atoms with Crippen molar-refractivity contribution < 1.29 is 39.0 Å². The second-order valence-electron chi connectivity index (χ2n) is 4.03. The van der Waals surface area contributed by atoms with Gasteiger partial charge in [0.2, 0.25) is 5.57 Å². The highest BCUT2D eigenvalue weighted by Crippen LogP contribution is 2.20. The molecule has 17 heavy (non-hydrogen) atoms. The zero-order chi connectivity index (χ0) is 13.2. The van der Waals surface area contributed by atoms with Crippen LogP contribution in [0.25, 0.3) is 0 Å². The van der Waals surface area contributed by atoms with Gasteiger partial charge in [0.1, 0.15) is 5.60 Å². The summed E-state index contributed by atoms with van der Waals surface area (Å²) in [6, 6.07) is 0. The second-order valence-corrected chi connectivity index (χ2v) is 4.03. The molecule has 1 aliphatic rings. The van der Waals surface area contributed by atoms with E-state index in [1.807, 2.05) is 0 Å². The first-order chi connectivity index (χ1) is 7.72. The molecule has 1 heterocycles. The summed E-state index contributed by atoms with van der Waals surface area (Å²) in [5.74, 6) is -5.01. The van der Waals surface area contributed by atoms with Crippen LogP contribution in [0.3, 0.4) is 0 Å². The van der Waals surface area contributed by atoms with Crippen LogP contribution in [-0.2, 0) is 33.9 Å². The van der Waals surface area contributed by atoms with Gasteiger partial charge in [0.25, 0.3) is 5.76 Å². The monoisotopic (exact) mass is 246 g/mol. The highest BCUT2D eigenvalue weighted by molar-refractivity contribution is 6.17. The van der Waals surface area contributed by atoms with Gasteiger partial charge in [0.05, 0.1) is 0 Å². The molecule has 0 aromatic carbocycles. The molecule has 0 aromatic heterocycles. The molecule has 0 saturated carbocycles. The molecule has 0 saturated heterocycles. The van der Waals surface area contributed by atoms with Crippen LogP contribution in [0.2, 0.25) is 0 Å². The van der Waals surface area contributed by atoms with Crippen LogP contribution in [0.5, 0.6) is 0 Å². The number of carbonyl (C=O) groups is 3. The molecule has 0 fully saturated rings. The minimum Gasteiger partial charge on any atom is -0.477 e. The maximum atomic E-state index is 11.5. The van der Waals surface area contributed by atoms with Gasteiger partial charge in [-0.2, -0.15) is 0 Å². The highest BCUT2D eigenvalue weighted by atomic mass is 17.5. The fraction of sp³-hybridized carbons (Fsp3) is 0.444. The van der Waals surface area contributed by atoms with E-state index >= 15 is 0 Å². The minimum absolute atomic E-state index is 0.858. The lowest BCUT2D eigenvalue weighted by Crippen LogP contribution is -2.31. The third-order valence-electron chi connectivity index (χ3n) is 1.46. The molecule has 1 N–H and O–H groups in total. The summed E-state index contributed by atoms with van der Waals surface area (Å²) < 4.78 is 4.83. The molecule has 0 amide bonds. The van der Waals surface area contributed by atoms with Gasteiger partial charge in [-0.25, -0.2) is 14.4 Å². The Balaban J connectivity index is 3.07. The van der Waals surface area contributed by atoms with Gasteiger partial charge >= 0.3 is 17.9 Å². The van der Waals surface area contributed by atoms with Crippen LogP contribution in [0, 0.1) is 0 Å². The van der Waals surface area contributed by atoms with E-state index in [1.165, 1.54) is 0 Å². The second kappa shape index (κ2) is 4.42. The number of aliphatic carboxylic acids is 1. The summed E-state index contributed by atoms with van der Waals surface area (Å²) in [6.45, 7) is 4.69. The maximum Gasteiger partial charge on any atom is 0.388 e. The smallest absolute Gasteiger partial charge is 0.388 e. The van der Waals surface area contributed by atoms with E-state index in [0.29, 0.717) is 0 Å². The number of ether oxygens (including phenoxy) is 1. The molecule has 94 valence electrons. The van der Waals surface area contributed by atoms with Crippen molar-refractivity contribution in [1.29, 1.82) is 0 Å². The molecule has 1 aliphatic heterocycles. The normalized spacial score (nSPS) is 16.1. The van der Waals surface area contributed by atoms with Gasteiger partial charge < -0.3 is 9.84 Å². The molecule has 0 bridgehead atoms. The van der Waals surface area contributed by atoms with Crippen LogP contribution in [0.1, 0.15) is 20.8 Å². The van der Waals surface area contributed by atoms with Crippen molar-refractivity contribution in [3.63, 3.8) is 0 Å². The number of esters is 1. The number of rotatable bonds is 2. The zero-order valence-corrected chi connectivity index (χ0v) is 9.30. The lowest BCUT2D eigenvalue weighted by molar-refractivity contribution is -0.472. The Labute approximate surface area is 95.6 Å². The summed E-state index contributed by atoms with van der Waals surface area (Å²) >= 11 is 0. The van der Waals surface area contributed by atoms with E-state index in [4.69, 9.17) is 9.84 Å². The summed E-state index contributed by atoms with van der Waals surface area (Å²) in [4.78, 5) is 41.4. The molecule has 0 unspecified atom stereocenters. The summed E-state index contributed by atoms with van der Waals surface area (Å²) in [6.07, 6.45) is 0. The molecule has 8 heteroatoms. The number of carboxylic acid groups (broad SMARTS) is 1. The maximum absolute atomic E-state index is 11.5. The zero-order valence-electron chi connectivity index (χ0n) is 9.30.